The average Bonchev–Trinajstić information content (AvgIpc) is 2.94. The molecule has 1 nitrogen and oxygen atoms in total. The highest BCUT2D eigenvalue weighted by Gasteiger charge is 2.17. The van der Waals surface area contributed by atoms with E-state index in [1.165, 1.54) is 50.2 Å². The molecule has 0 spiro atoms. The zero-order valence-corrected chi connectivity index (χ0v) is 25.9. The van der Waals surface area contributed by atoms with Crippen molar-refractivity contribution in [1.82, 2.24) is 0 Å². The number of hydrogen-bond donors (Lipinski definition) is 0. The molecule has 41 heavy (non-hydrogen) atoms. The number of benzene rings is 5. The lowest BCUT2D eigenvalue weighted by atomic mass is 9.86. The molecular weight excluding hydrogens is 494 g/mol. The first-order chi connectivity index (χ1) is 19.4. The van der Waals surface area contributed by atoms with E-state index in [-0.39, 0.29) is 10.8 Å². The molecule has 5 aromatic carbocycles. The minimum Gasteiger partial charge on any atom is -0.310 e. The van der Waals surface area contributed by atoms with Crippen molar-refractivity contribution in [3.8, 4) is 22.3 Å². The molecule has 0 unspecified atom stereocenters. The van der Waals surface area contributed by atoms with Gasteiger partial charge in [0, 0.05) is 17.1 Å². The van der Waals surface area contributed by atoms with Crippen LogP contribution in [-0.2, 0) is 10.8 Å². The molecule has 0 aliphatic rings. The Bertz CT molecular complexity index is 1510. The second kappa shape index (κ2) is 11.1. The summed E-state index contributed by atoms with van der Waals surface area (Å²) >= 11 is 0. The van der Waals surface area contributed by atoms with Gasteiger partial charge in [0.25, 0.3) is 0 Å². The number of aryl methyl sites for hydroxylation is 2. The fourth-order valence-corrected chi connectivity index (χ4v) is 5.41. The van der Waals surface area contributed by atoms with Gasteiger partial charge in [-0.2, -0.15) is 0 Å². The summed E-state index contributed by atoms with van der Waals surface area (Å²) < 4.78 is 0. The molecule has 0 aliphatic carbocycles. The number of anilines is 3. The summed E-state index contributed by atoms with van der Waals surface area (Å²) in [4.78, 5) is 2.37. The summed E-state index contributed by atoms with van der Waals surface area (Å²) in [7, 11) is 0. The van der Waals surface area contributed by atoms with Gasteiger partial charge in [-0.1, -0.05) is 132 Å². The van der Waals surface area contributed by atoms with E-state index in [0.717, 1.165) is 11.4 Å². The molecule has 0 atom stereocenters. The van der Waals surface area contributed by atoms with Gasteiger partial charge in [0.1, 0.15) is 0 Å². The van der Waals surface area contributed by atoms with Gasteiger partial charge in [0.2, 0.25) is 0 Å². The zero-order chi connectivity index (χ0) is 29.4. The number of nitrogens with zero attached hydrogens (tertiary/aromatic N) is 1. The minimum atomic E-state index is 0.153. The van der Waals surface area contributed by atoms with Crippen LogP contribution in [0.15, 0.2) is 115 Å². The van der Waals surface area contributed by atoms with Crippen LogP contribution in [-0.4, -0.2) is 0 Å². The largest absolute Gasteiger partial charge is 0.310 e. The van der Waals surface area contributed by atoms with Gasteiger partial charge in [-0.25, -0.2) is 0 Å². The van der Waals surface area contributed by atoms with Crippen LogP contribution in [0.2, 0.25) is 0 Å². The second-order valence-corrected chi connectivity index (χ2v) is 13.4. The van der Waals surface area contributed by atoms with Crippen molar-refractivity contribution in [2.75, 3.05) is 4.90 Å². The van der Waals surface area contributed by atoms with E-state index in [1.807, 2.05) is 0 Å². The zero-order valence-electron chi connectivity index (χ0n) is 25.9. The molecule has 0 bridgehead atoms. The highest BCUT2D eigenvalue weighted by Crippen LogP contribution is 2.39. The van der Waals surface area contributed by atoms with Crippen molar-refractivity contribution >= 4 is 17.1 Å². The molecule has 5 aromatic rings. The summed E-state index contributed by atoms with van der Waals surface area (Å²) in [5, 5.41) is 0. The van der Waals surface area contributed by atoms with E-state index in [0.29, 0.717) is 0 Å². The van der Waals surface area contributed by atoms with Crippen LogP contribution in [0.25, 0.3) is 22.3 Å². The van der Waals surface area contributed by atoms with Crippen molar-refractivity contribution in [2.24, 2.45) is 0 Å². The van der Waals surface area contributed by atoms with Crippen molar-refractivity contribution < 1.29 is 0 Å². The lowest BCUT2D eigenvalue weighted by Gasteiger charge is -2.28. The van der Waals surface area contributed by atoms with Gasteiger partial charge in [0.05, 0.1) is 0 Å². The maximum atomic E-state index is 2.37. The Kier molecular flexibility index (Phi) is 7.66. The Balaban J connectivity index is 1.49. The van der Waals surface area contributed by atoms with Gasteiger partial charge in [-0.05, 0) is 94.0 Å². The third-order valence-electron chi connectivity index (χ3n) is 8.01. The highest BCUT2D eigenvalue weighted by atomic mass is 15.1. The van der Waals surface area contributed by atoms with Gasteiger partial charge < -0.3 is 4.90 Å². The standard InChI is InChI=1S/C40H43N/c1-28-9-26-38(29(2)27-28)41(36-22-14-32(15-23-36)30-10-18-34(19-11-30)39(3,4)5)37-24-16-33(17-25-37)31-12-20-35(21-13-31)40(6,7)8/h9-27H,1-8H3. The predicted molar refractivity (Wildman–Crippen MR) is 179 cm³/mol. The normalized spacial score (nSPS) is 11.9. The molecule has 0 aliphatic heterocycles. The predicted octanol–water partition coefficient (Wildman–Crippen LogP) is 11.7. The van der Waals surface area contributed by atoms with Crippen molar-refractivity contribution in [3.63, 3.8) is 0 Å². The molecule has 0 aromatic heterocycles. The molecule has 0 saturated heterocycles. The quantitative estimate of drug-likeness (QED) is 0.215. The molecule has 0 fully saturated rings. The topological polar surface area (TPSA) is 3.24 Å². The fourth-order valence-electron chi connectivity index (χ4n) is 5.41. The Morgan fingerprint density at radius 1 is 0.415 bits per heavy atom. The molecule has 5 rings (SSSR count). The minimum absolute atomic E-state index is 0.153. The molecule has 0 amide bonds. The molecule has 0 saturated carbocycles. The van der Waals surface area contributed by atoms with Crippen LogP contribution in [0.5, 0.6) is 0 Å². The van der Waals surface area contributed by atoms with Crippen LogP contribution in [0.1, 0.15) is 63.8 Å². The molecule has 0 radical (unpaired) electrons. The summed E-state index contributed by atoms with van der Waals surface area (Å²) in [5.74, 6) is 0. The maximum Gasteiger partial charge on any atom is 0.0490 e. The van der Waals surface area contributed by atoms with Crippen molar-refractivity contribution in [2.45, 2.75) is 66.2 Å². The summed E-state index contributed by atoms with van der Waals surface area (Å²) in [6.45, 7) is 17.9. The first-order valence-corrected chi connectivity index (χ1v) is 14.7. The lowest BCUT2D eigenvalue weighted by Crippen LogP contribution is -2.11. The SMILES string of the molecule is Cc1ccc(N(c2ccc(-c3ccc(C(C)(C)C)cc3)cc2)c2ccc(-c3ccc(C(C)(C)C)cc3)cc2)c(C)c1. The Hall–Kier alpha value is -4.10. The van der Waals surface area contributed by atoms with Crippen molar-refractivity contribution in [3.05, 3.63) is 138 Å². The van der Waals surface area contributed by atoms with E-state index in [1.54, 1.807) is 0 Å². The lowest BCUT2D eigenvalue weighted by molar-refractivity contribution is 0.590. The third kappa shape index (κ3) is 6.30. The van der Waals surface area contributed by atoms with E-state index >= 15 is 0 Å². The van der Waals surface area contributed by atoms with E-state index < -0.39 is 0 Å². The van der Waals surface area contributed by atoms with E-state index in [9.17, 15) is 0 Å². The smallest absolute Gasteiger partial charge is 0.0490 e. The fraction of sp³-hybridized carbons (Fsp3) is 0.250. The van der Waals surface area contributed by atoms with Gasteiger partial charge in [-0.3, -0.25) is 0 Å². The van der Waals surface area contributed by atoms with Crippen LogP contribution >= 0.6 is 0 Å². The monoisotopic (exact) mass is 537 g/mol. The first kappa shape index (κ1) is 28.4. The molecule has 1 heteroatoms. The maximum absolute atomic E-state index is 2.37. The van der Waals surface area contributed by atoms with Crippen LogP contribution < -0.4 is 4.90 Å². The second-order valence-electron chi connectivity index (χ2n) is 13.4. The van der Waals surface area contributed by atoms with Crippen LogP contribution in [0.3, 0.4) is 0 Å². The summed E-state index contributed by atoms with van der Waals surface area (Å²) in [6.07, 6.45) is 0. The number of hydrogen-bond acceptors (Lipinski definition) is 1. The third-order valence-corrected chi connectivity index (χ3v) is 8.01. The molecule has 0 heterocycles. The van der Waals surface area contributed by atoms with Crippen LogP contribution in [0.4, 0.5) is 17.1 Å². The van der Waals surface area contributed by atoms with E-state index in [2.05, 4.69) is 176 Å². The Morgan fingerprint density at radius 2 is 0.756 bits per heavy atom. The van der Waals surface area contributed by atoms with Gasteiger partial charge in [-0.15, -0.1) is 0 Å². The number of rotatable bonds is 5. The molecule has 208 valence electrons. The molecule has 0 N–H and O–H groups in total. The van der Waals surface area contributed by atoms with E-state index in [4.69, 9.17) is 0 Å². The van der Waals surface area contributed by atoms with Crippen molar-refractivity contribution in [1.29, 1.82) is 0 Å². The first-order valence-electron chi connectivity index (χ1n) is 14.7. The summed E-state index contributed by atoms with van der Waals surface area (Å²) in [6, 6.07) is 42.6. The Labute approximate surface area is 247 Å². The van der Waals surface area contributed by atoms with Gasteiger partial charge >= 0.3 is 0 Å². The molecular formula is C40H43N. The average molecular weight is 538 g/mol. The summed E-state index contributed by atoms with van der Waals surface area (Å²) in [5.41, 5.74) is 14.0. The van der Waals surface area contributed by atoms with Gasteiger partial charge in [0.15, 0.2) is 0 Å². The van der Waals surface area contributed by atoms with Crippen LogP contribution in [0, 0.1) is 13.8 Å². The highest BCUT2D eigenvalue weighted by molar-refractivity contribution is 5.81. The Morgan fingerprint density at radius 3 is 1.07 bits per heavy atom.